The van der Waals surface area contributed by atoms with Crippen molar-refractivity contribution in [3.63, 3.8) is 0 Å². The molecule has 0 aliphatic carbocycles. The molecular formula is C21H22O5. The van der Waals surface area contributed by atoms with E-state index in [-0.39, 0.29) is 22.8 Å². The quantitative estimate of drug-likeness (QED) is 0.411. The molecule has 3 N–H and O–H groups in total. The van der Waals surface area contributed by atoms with Crippen LogP contribution in [-0.2, 0) is 6.42 Å². The van der Waals surface area contributed by atoms with Crippen LogP contribution in [0.1, 0.15) is 35.3 Å². The predicted octanol–water partition coefficient (Wildman–Crippen LogP) is 4.22. The highest BCUT2D eigenvalue weighted by molar-refractivity contribution is 6.10. The van der Waals surface area contributed by atoms with Crippen molar-refractivity contribution in [1.82, 2.24) is 0 Å². The highest BCUT2D eigenvalue weighted by Crippen LogP contribution is 2.39. The van der Waals surface area contributed by atoms with E-state index < -0.39 is 5.78 Å². The number of aromatic hydroxyl groups is 3. The van der Waals surface area contributed by atoms with Gasteiger partial charge in [-0.05, 0) is 44.0 Å². The maximum atomic E-state index is 12.5. The molecule has 0 saturated carbocycles. The number of benzene rings is 2. The number of ketones is 1. The number of phenols is 3. The summed E-state index contributed by atoms with van der Waals surface area (Å²) in [6, 6.07) is 7.63. The van der Waals surface area contributed by atoms with Crippen LogP contribution in [0.4, 0.5) is 0 Å². The Labute approximate surface area is 152 Å². The van der Waals surface area contributed by atoms with E-state index >= 15 is 0 Å². The summed E-state index contributed by atoms with van der Waals surface area (Å²) in [6.07, 6.45) is 5.08. The van der Waals surface area contributed by atoms with Gasteiger partial charge in [0.15, 0.2) is 5.78 Å². The summed E-state index contributed by atoms with van der Waals surface area (Å²) in [5.41, 5.74) is 2.03. The Bertz CT molecular complexity index is 857. The molecule has 0 aromatic heterocycles. The fraction of sp³-hybridized carbons (Fsp3) is 0.190. The monoisotopic (exact) mass is 354 g/mol. The summed E-state index contributed by atoms with van der Waals surface area (Å²) in [7, 11) is 1.44. The first-order valence-electron chi connectivity index (χ1n) is 8.10. The lowest BCUT2D eigenvalue weighted by molar-refractivity contribution is 0.104. The topological polar surface area (TPSA) is 87.0 Å². The molecular weight excluding hydrogens is 332 g/mol. The highest BCUT2D eigenvalue weighted by Gasteiger charge is 2.21. The lowest BCUT2D eigenvalue weighted by atomic mass is 9.99. The molecule has 136 valence electrons. The summed E-state index contributed by atoms with van der Waals surface area (Å²) in [5.74, 6) is -0.728. The van der Waals surface area contributed by atoms with E-state index in [4.69, 9.17) is 4.74 Å². The normalized spacial score (nSPS) is 10.7. The van der Waals surface area contributed by atoms with Crippen LogP contribution in [0, 0.1) is 0 Å². The van der Waals surface area contributed by atoms with Crippen LogP contribution in [0.3, 0.4) is 0 Å². The van der Waals surface area contributed by atoms with Gasteiger partial charge >= 0.3 is 0 Å². The van der Waals surface area contributed by atoms with Gasteiger partial charge in [-0.1, -0.05) is 29.9 Å². The van der Waals surface area contributed by atoms with Crippen LogP contribution in [0.5, 0.6) is 23.0 Å². The molecule has 5 heteroatoms. The average molecular weight is 354 g/mol. The van der Waals surface area contributed by atoms with Crippen molar-refractivity contribution in [2.24, 2.45) is 0 Å². The van der Waals surface area contributed by atoms with Gasteiger partial charge in [-0.2, -0.15) is 0 Å². The van der Waals surface area contributed by atoms with Gasteiger partial charge in [0.25, 0.3) is 0 Å². The van der Waals surface area contributed by atoms with Crippen LogP contribution in [0.15, 0.2) is 48.1 Å². The molecule has 2 aromatic rings. The number of carbonyl (C=O) groups is 1. The molecule has 0 bridgehead atoms. The van der Waals surface area contributed by atoms with Gasteiger partial charge < -0.3 is 20.1 Å². The highest BCUT2D eigenvalue weighted by atomic mass is 16.5. The van der Waals surface area contributed by atoms with Gasteiger partial charge in [-0.15, -0.1) is 0 Å². The van der Waals surface area contributed by atoms with Crippen LogP contribution in [0.2, 0.25) is 0 Å². The van der Waals surface area contributed by atoms with E-state index in [9.17, 15) is 20.1 Å². The Kier molecular flexibility index (Phi) is 6.07. The molecule has 0 saturated heterocycles. The van der Waals surface area contributed by atoms with E-state index in [1.165, 1.54) is 31.4 Å². The zero-order valence-electron chi connectivity index (χ0n) is 15.0. The molecule has 2 aromatic carbocycles. The van der Waals surface area contributed by atoms with Crippen LogP contribution in [-0.4, -0.2) is 28.2 Å². The lowest BCUT2D eigenvalue weighted by Gasteiger charge is -2.13. The number of carbonyl (C=O) groups excluding carboxylic acids is 1. The standard InChI is InChI=1S/C21H22O5/c1-13(2)4-10-16-19(26-3)12-18(24)20(21(16)25)17(23)11-7-14-5-8-15(22)9-6-14/h4-9,11-12,22,24-25H,10H2,1-3H3. The molecule has 0 fully saturated rings. The molecule has 0 unspecified atom stereocenters. The SMILES string of the molecule is COc1cc(O)c(C(=O)C=Cc2ccc(O)cc2)c(O)c1CC=C(C)C. The fourth-order valence-corrected chi connectivity index (χ4v) is 2.44. The lowest BCUT2D eigenvalue weighted by Crippen LogP contribution is -2.01. The van der Waals surface area contributed by atoms with Crippen molar-refractivity contribution in [1.29, 1.82) is 0 Å². The number of allylic oxidation sites excluding steroid dienone is 3. The van der Waals surface area contributed by atoms with E-state index in [0.717, 1.165) is 5.57 Å². The third-order valence-electron chi connectivity index (χ3n) is 3.85. The molecule has 5 nitrogen and oxygen atoms in total. The minimum Gasteiger partial charge on any atom is -0.508 e. The maximum Gasteiger partial charge on any atom is 0.193 e. The molecule has 26 heavy (non-hydrogen) atoms. The van der Waals surface area contributed by atoms with Gasteiger partial charge in [-0.25, -0.2) is 0 Å². The van der Waals surface area contributed by atoms with Crippen molar-refractivity contribution >= 4 is 11.9 Å². The molecule has 0 radical (unpaired) electrons. The maximum absolute atomic E-state index is 12.5. The van der Waals surface area contributed by atoms with E-state index in [1.807, 2.05) is 19.9 Å². The largest absolute Gasteiger partial charge is 0.508 e. The smallest absolute Gasteiger partial charge is 0.193 e. The van der Waals surface area contributed by atoms with Crippen molar-refractivity contribution < 1.29 is 24.9 Å². The molecule has 0 spiro atoms. The predicted molar refractivity (Wildman–Crippen MR) is 101 cm³/mol. The van der Waals surface area contributed by atoms with Crippen LogP contribution in [0.25, 0.3) is 6.08 Å². The summed E-state index contributed by atoms with van der Waals surface area (Å²) in [4.78, 5) is 12.5. The van der Waals surface area contributed by atoms with Gasteiger partial charge in [0.2, 0.25) is 0 Å². The third kappa shape index (κ3) is 4.45. The first kappa shape index (κ1) is 19.1. The Balaban J connectivity index is 2.41. The summed E-state index contributed by atoms with van der Waals surface area (Å²) >= 11 is 0. The van der Waals surface area contributed by atoms with Crippen LogP contribution >= 0.6 is 0 Å². The second-order valence-corrected chi connectivity index (χ2v) is 6.07. The summed E-state index contributed by atoms with van der Waals surface area (Å²) in [6.45, 7) is 3.85. The zero-order valence-corrected chi connectivity index (χ0v) is 15.0. The number of methoxy groups -OCH3 is 1. The second-order valence-electron chi connectivity index (χ2n) is 6.07. The number of ether oxygens (including phenoxy) is 1. The first-order chi connectivity index (χ1) is 12.3. The van der Waals surface area contributed by atoms with Gasteiger partial charge in [0.05, 0.1) is 7.11 Å². The molecule has 0 heterocycles. The van der Waals surface area contributed by atoms with Gasteiger partial charge in [0, 0.05) is 11.6 Å². The number of rotatable bonds is 6. The minimum absolute atomic E-state index is 0.128. The Morgan fingerprint density at radius 2 is 1.77 bits per heavy atom. The van der Waals surface area contributed by atoms with Crippen molar-refractivity contribution in [2.45, 2.75) is 20.3 Å². The van der Waals surface area contributed by atoms with E-state index in [2.05, 4.69) is 0 Å². The minimum atomic E-state index is -0.533. The van der Waals surface area contributed by atoms with Gasteiger partial charge in [0.1, 0.15) is 28.6 Å². The van der Waals surface area contributed by atoms with E-state index in [0.29, 0.717) is 23.3 Å². The Hall–Kier alpha value is -3.21. The summed E-state index contributed by atoms with van der Waals surface area (Å²) in [5, 5.41) is 30.0. The summed E-state index contributed by atoms with van der Waals surface area (Å²) < 4.78 is 5.21. The third-order valence-corrected chi connectivity index (χ3v) is 3.85. The van der Waals surface area contributed by atoms with Crippen molar-refractivity contribution in [3.8, 4) is 23.0 Å². The van der Waals surface area contributed by atoms with Gasteiger partial charge in [-0.3, -0.25) is 4.79 Å². The van der Waals surface area contributed by atoms with Crippen LogP contribution < -0.4 is 4.74 Å². The molecule has 0 atom stereocenters. The second kappa shape index (κ2) is 8.25. The Morgan fingerprint density at radius 3 is 2.35 bits per heavy atom. The molecule has 0 amide bonds. The molecule has 0 aliphatic heterocycles. The number of hydrogen-bond donors (Lipinski definition) is 3. The molecule has 0 aliphatic rings. The zero-order chi connectivity index (χ0) is 19.3. The van der Waals surface area contributed by atoms with Crippen molar-refractivity contribution in [3.05, 3.63) is 64.7 Å². The first-order valence-corrected chi connectivity index (χ1v) is 8.10. The average Bonchev–Trinajstić information content (AvgIpc) is 2.59. The van der Waals surface area contributed by atoms with Crippen molar-refractivity contribution in [2.75, 3.05) is 7.11 Å². The number of phenolic OH excluding ortho intramolecular Hbond substituents is 3. The molecule has 2 rings (SSSR count). The Morgan fingerprint density at radius 1 is 1.12 bits per heavy atom. The number of hydrogen-bond acceptors (Lipinski definition) is 5. The fourth-order valence-electron chi connectivity index (χ4n) is 2.44. The van der Waals surface area contributed by atoms with E-state index in [1.54, 1.807) is 18.2 Å².